The molecule has 6 nitrogen and oxygen atoms in total. The van der Waals surface area contributed by atoms with Crippen LogP contribution in [-0.2, 0) is 13.2 Å². The van der Waals surface area contributed by atoms with E-state index in [1.807, 2.05) is 13.8 Å². The first-order chi connectivity index (χ1) is 10.2. The van der Waals surface area contributed by atoms with Gasteiger partial charge in [-0.3, -0.25) is 4.68 Å². The van der Waals surface area contributed by atoms with Crippen molar-refractivity contribution in [2.45, 2.75) is 25.9 Å². The monoisotopic (exact) mass is 314 g/mol. The molecule has 0 aliphatic carbocycles. The third-order valence-corrected chi connectivity index (χ3v) is 2.98. The Hall–Kier alpha value is -2.32. The van der Waals surface area contributed by atoms with Gasteiger partial charge < -0.3 is 10.6 Å². The fourth-order valence-electron chi connectivity index (χ4n) is 1.99. The number of hydrogen-bond acceptors (Lipinski definition) is 5. The molecule has 120 valence electrons. The van der Waals surface area contributed by atoms with Gasteiger partial charge in [0, 0.05) is 26.5 Å². The minimum Gasteiger partial charge on any atom is -0.372 e. The highest BCUT2D eigenvalue weighted by atomic mass is 19.4. The maximum absolute atomic E-state index is 12.8. The number of nitrogens with zero attached hydrogens (tertiary/aromatic N) is 4. The number of aryl methyl sites for hydroxylation is 1. The minimum absolute atomic E-state index is 0.0762. The molecule has 0 saturated carbocycles. The third kappa shape index (κ3) is 3.29. The Kier molecular flexibility index (Phi) is 4.25. The maximum Gasteiger partial charge on any atom is 0.421 e. The van der Waals surface area contributed by atoms with E-state index in [-0.39, 0.29) is 17.7 Å². The average Bonchev–Trinajstić information content (AvgIpc) is 2.78. The molecule has 0 aromatic carbocycles. The summed E-state index contributed by atoms with van der Waals surface area (Å²) in [5.74, 6) is -0.0471. The van der Waals surface area contributed by atoms with Gasteiger partial charge in [0.15, 0.2) is 0 Å². The zero-order valence-corrected chi connectivity index (χ0v) is 12.7. The molecule has 0 bridgehead atoms. The van der Waals surface area contributed by atoms with Crippen molar-refractivity contribution in [3.63, 3.8) is 0 Å². The third-order valence-electron chi connectivity index (χ3n) is 2.98. The number of hydrogen-bond donors (Lipinski definition) is 2. The molecule has 0 aliphatic rings. The van der Waals surface area contributed by atoms with Gasteiger partial charge in [-0.25, -0.2) is 4.98 Å². The van der Waals surface area contributed by atoms with Gasteiger partial charge >= 0.3 is 6.18 Å². The lowest BCUT2D eigenvalue weighted by molar-refractivity contribution is -0.137. The largest absolute Gasteiger partial charge is 0.421 e. The average molecular weight is 314 g/mol. The summed E-state index contributed by atoms with van der Waals surface area (Å²) in [4.78, 5) is 7.61. The van der Waals surface area contributed by atoms with Crippen LogP contribution in [0.1, 0.15) is 31.0 Å². The van der Waals surface area contributed by atoms with E-state index in [1.54, 1.807) is 17.9 Å². The molecule has 0 saturated heterocycles. The first kappa shape index (κ1) is 16.1. The van der Waals surface area contributed by atoms with Gasteiger partial charge in [-0.2, -0.15) is 23.3 Å². The Morgan fingerprint density at radius 1 is 1.27 bits per heavy atom. The van der Waals surface area contributed by atoms with Crippen molar-refractivity contribution in [3.8, 4) is 0 Å². The highest BCUT2D eigenvalue weighted by molar-refractivity contribution is 5.58. The molecule has 2 aromatic rings. The lowest BCUT2D eigenvalue weighted by Crippen LogP contribution is -2.12. The molecule has 2 aromatic heterocycles. The predicted octanol–water partition coefficient (Wildman–Crippen LogP) is 3.14. The van der Waals surface area contributed by atoms with Crippen molar-refractivity contribution in [2.24, 2.45) is 7.05 Å². The standard InChI is InChI=1S/C13H17F3N6/c1-7(2)10-9(6-22(4)21-10)19-12-18-5-8(13(14,15)16)11(17-3)20-12/h5-7H,1-4H3,(H2,17,18,19,20). The molecule has 0 fully saturated rings. The molecule has 0 spiro atoms. The molecule has 0 radical (unpaired) electrons. The van der Waals surface area contributed by atoms with E-state index in [4.69, 9.17) is 0 Å². The molecule has 0 unspecified atom stereocenters. The van der Waals surface area contributed by atoms with Gasteiger partial charge in [-0.1, -0.05) is 13.8 Å². The highest BCUT2D eigenvalue weighted by Crippen LogP contribution is 2.34. The number of rotatable bonds is 4. The summed E-state index contributed by atoms with van der Waals surface area (Å²) in [6.07, 6.45) is -2.02. The molecule has 9 heteroatoms. The molecular weight excluding hydrogens is 297 g/mol. The first-order valence-electron chi connectivity index (χ1n) is 6.65. The minimum atomic E-state index is -4.51. The van der Waals surface area contributed by atoms with Gasteiger partial charge in [-0.05, 0) is 5.92 Å². The molecule has 0 aliphatic heterocycles. The number of aromatic nitrogens is 4. The highest BCUT2D eigenvalue weighted by Gasteiger charge is 2.35. The Balaban J connectivity index is 2.35. The van der Waals surface area contributed by atoms with E-state index in [1.165, 1.54) is 7.05 Å². The van der Waals surface area contributed by atoms with Crippen molar-refractivity contribution in [3.05, 3.63) is 23.7 Å². The van der Waals surface area contributed by atoms with Gasteiger partial charge in [0.2, 0.25) is 5.95 Å². The van der Waals surface area contributed by atoms with Crippen LogP contribution < -0.4 is 10.6 Å². The van der Waals surface area contributed by atoms with Crippen molar-refractivity contribution in [1.82, 2.24) is 19.7 Å². The van der Waals surface area contributed by atoms with Crippen molar-refractivity contribution < 1.29 is 13.2 Å². The second-order valence-corrected chi connectivity index (χ2v) is 5.09. The Labute approximate surface area is 125 Å². The van der Waals surface area contributed by atoms with Crippen LogP contribution in [0.25, 0.3) is 0 Å². The van der Waals surface area contributed by atoms with Gasteiger partial charge in [0.25, 0.3) is 0 Å². The number of nitrogens with one attached hydrogen (secondary N) is 2. The van der Waals surface area contributed by atoms with Gasteiger partial charge in [-0.15, -0.1) is 0 Å². The summed E-state index contributed by atoms with van der Waals surface area (Å²) >= 11 is 0. The van der Waals surface area contributed by atoms with Crippen LogP contribution in [0.15, 0.2) is 12.4 Å². The SMILES string of the molecule is CNc1nc(Nc2cn(C)nc2C(C)C)ncc1C(F)(F)F. The molecular formula is C13H17F3N6. The van der Waals surface area contributed by atoms with E-state index in [0.29, 0.717) is 5.69 Å². The second-order valence-electron chi connectivity index (χ2n) is 5.09. The molecule has 22 heavy (non-hydrogen) atoms. The normalized spacial score (nSPS) is 11.8. The summed E-state index contributed by atoms with van der Waals surface area (Å²) in [6.45, 7) is 3.94. The maximum atomic E-state index is 12.8. The van der Waals surface area contributed by atoms with E-state index in [9.17, 15) is 13.2 Å². The zero-order chi connectivity index (χ0) is 16.5. The van der Waals surface area contributed by atoms with E-state index in [2.05, 4.69) is 25.7 Å². The van der Waals surface area contributed by atoms with Crippen molar-refractivity contribution in [2.75, 3.05) is 17.7 Å². The van der Waals surface area contributed by atoms with Crippen molar-refractivity contribution in [1.29, 1.82) is 0 Å². The molecule has 2 N–H and O–H groups in total. The lowest BCUT2D eigenvalue weighted by atomic mass is 10.1. The van der Waals surface area contributed by atoms with E-state index < -0.39 is 11.7 Å². The van der Waals surface area contributed by atoms with Crippen LogP contribution >= 0.6 is 0 Å². The van der Waals surface area contributed by atoms with E-state index >= 15 is 0 Å². The molecule has 0 atom stereocenters. The summed E-state index contributed by atoms with van der Waals surface area (Å²) in [5.41, 5.74) is 0.548. The van der Waals surface area contributed by atoms with Gasteiger partial charge in [0.1, 0.15) is 11.4 Å². The number of alkyl halides is 3. The van der Waals surface area contributed by atoms with Crippen LogP contribution in [0.3, 0.4) is 0 Å². The molecule has 0 amide bonds. The predicted molar refractivity (Wildman–Crippen MR) is 77.2 cm³/mol. The second kappa shape index (κ2) is 5.82. The molecule has 2 rings (SSSR count). The smallest absolute Gasteiger partial charge is 0.372 e. The number of anilines is 3. The quantitative estimate of drug-likeness (QED) is 0.907. The van der Waals surface area contributed by atoms with Gasteiger partial charge in [0.05, 0.1) is 11.4 Å². The lowest BCUT2D eigenvalue weighted by Gasteiger charge is -2.13. The summed E-state index contributed by atoms with van der Waals surface area (Å²) < 4.78 is 40.1. The first-order valence-corrected chi connectivity index (χ1v) is 6.65. The zero-order valence-electron chi connectivity index (χ0n) is 12.7. The molecule has 2 heterocycles. The fourth-order valence-corrected chi connectivity index (χ4v) is 1.99. The fraction of sp³-hybridized carbons (Fsp3) is 0.462. The van der Waals surface area contributed by atoms with Crippen molar-refractivity contribution >= 4 is 17.5 Å². The van der Waals surface area contributed by atoms with Crippen LogP contribution in [0.4, 0.5) is 30.6 Å². The van der Waals surface area contributed by atoms with Crippen LogP contribution in [0.2, 0.25) is 0 Å². The Morgan fingerprint density at radius 2 is 1.95 bits per heavy atom. The summed E-state index contributed by atoms with van der Waals surface area (Å²) in [5, 5.41) is 9.66. The Bertz CT molecular complexity index is 662. The summed E-state index contributed by atoms with van der Waals surface area (Å²) in [6, 6.07) is 0. The van der Waals surface area contributed by atoms with Crippen LogP contribution in [0.5, 0.6) is 0 Å². The number of halogens is 3. The van der Waals surface area contributed by atoms with E-state index in [0.717, 1.165) is 11.9 Å². The Morgan fingerprint density at radius 3 is 2.50 bits per heavy atom. The summed E-state index contributed by atoms with van der Waals surface area (Å²) in [7, 11) is 3.15. The topological polar surface area (TPSA) is 67.7 Å². The van der Waals surface area contributed by atoms with Crippen LogP contribution in [0, 0.1) is 0 Å². The van der Waals surface area contributed by atoms with Crippen LogP contribution in [-0.4, -0.2) is 26.8 Å².